The van der Waals surface area contributed by atoms with Crippen LogP contribution in [-0.2, 0) is 0 Å². The first kappa shape index (κ1) is 12.3. The molecule has 0 unspecified atom stereocenters. The van der Waals surface area contributed by atoms with E-state index >= 15 is 0 Å². The van der Waals surface area contributed by atoms with Crippen LogP contribution in [0.4, 0.5) is 0 Å². The molecule has 0 aliphatic carbocycles. The van der Waals surface area contributed by atoms with Crippen molar-refractivity contribution in [3.8, 4) is 0 Å². The standard InChI is InChI=1S/C15H19OP/c1-13(2)17(16,14-9-5-3-6-10-14)15-11-7-4-8-12-15/h3-13,16-17H,1-2H3. The molecule has 0 heterocycles. The SMILES string of the molecule is CC(C)[PH](O)(c1ccccc1)c1ccccc1. The van der Waals surface area contributed by atoms with Crippen molar-refractivity contribution in [2.75, 3.05) is 0 Å². The Morgan fingerprint density at radius 3 is 1.41 bits per heavy atom. The van der Waals surface area contributed by atoms with Crippen LogP contribution >= 0.6 is 7.49 Å². The molecule has 1 N–H and O–H groups in total. The molecule has 0 aromatic heterocycles. The molecule has 0 aliphatic rings. The summed E-state index contributed by atoms with van der Waals surface area (Å²) in [4.78, 5) is 11.2. The van der Waals surface area contributed by atoms with Gasteiger partial charge in [-0.15, -0.1) is 0 Å². The van der Waals surface area contributed by atoms with Crippen LogP contribution in [0.15, 0.2) is 60.7 Å². The zero-order valence-electron chi connectivity index (χ0n) is 10.3. The Hall–Kier alpha value is -1.17. The van der Waals surface area contributed by atoms with Crippen molar-refractivity contribution in [2.45, 2.75) is 19.5 Å². The van der Waals surface area contributed by atoms with Crippen molar-refractivity contribution >= 4 is 18.1 Å². The van der Waals surface area contributed by atoms with E-state index in [1.807, 2.05) is 60.7 Å². The van der Waals surface area contributed by atoms with E-state index in [0.717, 1.165) is 10.6 Å². The fraction of sp³-hybridized carbons (Fsp3) is 0.200. The summed E-state index contributed by atoms with van der Waals surface area (Å²) in [6, 6.07) is 20.1. The summed E-state index contributed by atoms with van der Waals surface area (Å²) in [7, 11) is -2.58. The van der Waals surface area contributed by atoms with Gasteiger partial charge in [0.25, 0.3) is 0 Å². The summed E-state index contributed by atoms with van der Waals surface area (Å²) < 4.78 is 0. The van der Waals surface area contributed by atoms with E-state index in [4.69, 9.17) is 0 Å². The van der Waals surface area contributed by atoms with Crippen LogP contribution < -0.4 is 10.6 Å². The topological polar surface area (TPSA) is 20.2 Å². The molecule has 2 rings (SSSR count). The van der Waals surface area contributed by atoms with E-state index in [9.17, 15) is 4.89 Å². The van der Waals surface area contributed by atoms with Crippen molar-refractivity contribution in [1.29, 1.82) is 0 Å². The molecule has 0 atom stereocenters. The molecule has 2 aromatic carbocycles. The monoisotopic (exact) mass is 246 g/mol. The predicted octanol–water partition coefficient (Wildman–Crippen LogP) is 2.70. The van der Waals surface area contributed by atoms with E-state index in [0.29, 0.717) is 0 Å². The number of hydrogen-bond donors (Lipinski definition) is 1. The van der Waals surface area contributed by atoms with Gasteiger partial charge in [0.2, 0.25) is 0 Å². The van der Waals surface area contributed by atoms with E-state index in [2.05, 4.69) is 13.8 Å². The molecule has 0 saturated heterocycles. The molecule has 2 aromatic rings. The quantitative estimate of drug-likeness (QED) is 0.826. The van der Waals surface area contributed by atoms with Gasteiger partial charge in [0.05, 0.1) is 0 Å². The van der Waals surface area contributed by atoms with Gasteiger partial charge < -0.3 is 0 Å². The van der Waals surface area contributed by atoms with Gasteiger partial charge in [0, 0.05) is 0 Å². The van der Waals surface area contributed by atoms with Gasteiger partial charge in [-0.25, -0.2) is 0 Å². The van der Waals surface area contributed by atoms with Crippen molar-refractivity contribution in [2.24, 2.45) is 0 Å². The predicted molar refractivity (Wildman–Crippen MR) is 77.8 cm³/mol. The maximum absolute atomic E-state index is 11.2. The van der Waals surface area contributed by atoms with Crippen LogP contribution in [-0.4, -0.2) is 10.6 Å². The molecule has 2 heteroatoms. The van der Waals surface area contributed by atoms with Crippen molar-refractivity contribution in [3.63, 3.8) is 0 Å². The molecule has 0 spiro atoms. The maximum atomic E-state index is 11.2. The average Bonchev–Trinajstić information content (AvgIpc) is 2.39. The van der Waals surface area contributed by atoms with E-state index < -0.39 is 7.49 Å². The number of hydrogen-bond acceptors (Lipinski definition) is 1. The zero-order valence-corrected chi connectivity index (χ0v) is 11.3. The van der Waals surface area contributed by atoms with Gasteiger partial charge in [-0.2, -0.15) is 0 Å². The molecule has 0 amide bonds. The van der Waals surface area contributed by atoms with Crippen LogP contribution in [0.1, 0.15) is 13.8 Å². The van der Waals surface area contributed by atoms with Crippen LogP contribution in [0.5, 0.6) is 0 Å². The second kappa shape index (κ2) is 5.00. The summed E-state index contributed by atoms with van der Waals surface area (Å²) in [5.74, 6) is 0. The van der Waals surface area contributed by atoms with Gasteiger partial charge in [0.1, 0.15) is 0 Å². The Bertz CT molecular complexity index is 425. The second-order valence-electron chi connectivity index (χ2n) is 4.65. The van der Waals surface area contributed by atoms with Gasteiger partial charge >= 0.3 is 103 Å². The minimum absolute atomic E-state index is 0.257. The van der Waals surface area contributed by atoms with Crippen molar-refractivity contribution in [3.05, 3.63) is 60.7 Å². The molecule has 17 heavy (non-hydrogen) atoms. The van der Waals surface area contributed by atoms with Crippen LogP contribution in [0.2, 0.25) is 0 Å². The fourth-order valence-electron chi connectivity index (χ4n) is 2.22. The molecular weight excluding hydrogens is 227 g/mol. The summed E-state index contributed by atoms with van der Waals surface area (Å²) in [5, 5.41) is 2.17. The van der Waals surface area contributed by atoms with E-state index in [-0.39, 0.29) is 5.66 Å². The third-order valence-corrected chi connectivity index (χ3v) is 7.36. The average molecular weight is 246 g/mol. The Morgan fingerprint density at radius 1 is 0.765 bits per heavy atom. The fourth-order valence-corrected chi connectivity index (χ4v) is 5.29. The van der Waals surface area contributed by atoms with Crippen LogP contribution in [0.3, 0.4) is 0 Å². The second-order valence-corrected chi connectivity index (χ2v) is 8.50. The van der Waals surface area contributed by atoms with E-state index in [1.54, 1.807) is 0 Å². The van der Waals surface area contributed by atoms with Gasteiger partial charge in [-0.1, -0.05) is 0 Å². The molecule has 0 bridgehead atoms. The summed E-state index contributed by atoms with van der Waals surface area (Å²) in [6.45, 7) is 4.21. The van der Waals surface area contributed by atoms with Crippen molar-refractivity contribution < 1.29 is 4.89 Å². The van der Waals surface area contributed by atoms with Crippen LogP contribution in [0, 0.1) is 0 Å². The first-order valence-corrected chi connectivity index (χ1v) is 8.01. The van der Waals surface area contributed by atoms with Gasteiger partial charge in [0.15, 0.2) is 0 Å². The number of rotatable bonds is 3. The normalized spacial score (nSPS) is 12.7. The zero-order chi connectivity index (χ0) is 12.3. The molecule has 0 fully saturated rings. The minimum atomic E-state index is -2.58. The van der Waals surface area contributed by atoms with Gasteiger partial charge in [-0.05, 0) is 0 Å². The summed E-state index contributed by atoms with van der Waals surface area (Å²) in [6.07, 6.45) is 0. The molecule has 0 radical (unpaired) electrons. The first-order valence-electron chi connectivity index (χ1n) is 5.99. The molecule has 1 nitrogen and oxygen atoms in total. The van der Waals surface area contributed by atoms with Crippen LogP contribution in [0.25, 0.3) is 0 Å². The summed E-state index contributed by atoms with van der Waals surface area (Å²) in [5.41, 5.74) is 0.257. The summed E-state index contributed by atoms with van der Waals surface area (Å²) >= 11 is 0. The number of benzene rings is 2. The molecule has 0 saturated carbocycles. The molecule has 0 aliphatic heterocycles. The molecular formula is C15H19OP. The third-order valence-electron chi connectivity index (χ3n) is 3.26. The Morgan fingerprint density at radius 2 is 1.12 bits per heavy atom. The first-order chi connectivity index (χ1) is 8.15. The van der Waals surface area contributed by atoms with Gasteiger partial charge in [-0.3, -0.25) is 0 Å². The van der Waals surface area contributed by atoms with E-state index in [1.165, 1.54) is 0 Å². The van der Waals surface area contributed by atoms with Crippen molar-refractivity contribution in [1.82, 2.24) is 0 Å². The molecule has 90 valence electrons. The Kier molecular flexibility index (Phi) is 3.61. The Labute approximate surface area is 104 Å². The Balaban J connectivity index is 2.55. The third kappa shape index (κ3) is 2.26.